The minimum Gasteiger partial charge on any atom is -0.378 e. The number of aryl methyl sites for hydroxylation is 2. The molecule has 172 valence electrons. The molecule has 1 fully saturated rings. The molecule has 1 atom stereocenters. The van der Waals surface area contributed by atoms with Gasteiger partial charge in [0.1, 0.15) is 0 Å². The van der Waals surface area contributed by atoms with E-state index in [2.05, 4.69) is 56.6 Å². The van der Waals surface area contributed by atoms with Gasteiger partial charge < -0.3 is 20.4 Å². The lowest BCUT2D eigenvalue weighted by Crippen LogP contribution is -2.49. The lowest BCUT2D eigenvalue weighted by atomic mass is 10.0. The molecule has 1 saturated heterocycles. The number of nitrogens with zero attached hydrogens (tertiary/aromatic N) is 3. The maximum absolute atomic E-state index is 12.6. The summed E-state index contributed by atoms with van der Waals surface area (Å²) in [5.41, 5.74) is 4.82. The largest absolute Gasteiger partial charge is 0.378 e. The van der Waals surface area contributed by atoms with Crippen LogP contribution in [0, 0.1) is 13.8 Å². The molecule has 1 aliphatic rings. The molecule has 0 aliphatic carbocycles. The van der Waals surface area contributed by atoms with Crippen LogP contribution in [-0.2, 0) is 9.59 Å². The summed E-state index contributed by atoms with van der Waals surface area (Å²) in [6.45, 7) is 8.01. The molecular weight excluding hydrogens is 402 g/mol. The second kappa shape index (κ2) is 10.6. The molecule has 2 aromatic rings. The molecule has 1 aliphatic heterocycles. The summed E-state index contributed by atoms with van der Waals surface area (Å²) >= 11 is 0. The Bertz CT molecular complexity index is 914. The minimum absolute atomic E-state index is 0.0110. The van der Waals surface area contributed by atoms with Crippen LogP contribution in [0.5, 0.6) is 0 Å². The molecule has 1 heterocycles. The normalized spacial score (nSPS) is 15.8. The van der Waals surface area contributed by atoms with Crippen LogP contribution in [0.3, 0.4) is 0 Å². The van der Waals surface area contributed by atoms with E-state index in [0.717, 1.165) is 48.6 Å². The maximum atomic E-state index is 12.6. The van der Waals surface area contributed by atoms with Crippen LogP contribution in [-0.4, -0.2) is 75.5 Å². The van der Waals surface area contributed by atoms with Crippen LogP contribution >= 0.6 is 0 Å². The zero-order chi connectivity index (χ0) is 23.3. The van der Waals surface area contributed by atoms with Crippen LogP contribution < -0.4 is 15.5 Å². The molecule has 0 radical (unpaired) electrons. The first-order valence-corrected chi connectivity index (χ1v) is 11.1. The number of rotatable bonds is 6. The number of benzene rings is 2. The Morgan fingerprint density at radius 3 is 2.09 bits per heavy atom. The summed E-state index contributed by atoms with van der Waals surface area (Å²) in [5, 5.41) is 5.64. The van der Waals surface area contributed by atoms with Gasteiger partial charge in [-0.25, -0.2) is 0 Å². The van der Waals surface area contributed by atoms with Crippen LogP contribution in [0.25, 0.3) is 0 Å². The van der Waals surface area contributed by atoms with Gasteiger partial charge in [0.05, 0.1) is 6.04 Å². The van der Waals surface area contributed by atoms with Crippen LogP contribution in [0.1, 0.15) is 22.7 Å². The molecule has 0 unspecified atom stereocenters. The second-order valence-electron chi connectivity index (χ2n) is 8.77. The Morgan fingerprint density at radius 1 is 0.938 bits per heavy atom. The fourth-order valence-electron chi connectivity index (χ4n) is 4.04. The Hall–Kier alpha value is -2.90. The van der Waals surface area contributed by atoms with Crippen molar-refractivity contribution in [1.29, 1.82) is 0 Å². The third kappa shape index (κ3) is 5.87. The Kier molecular flexibility index (Phi) is 7.88. The van der Waals surface area contributed by atoms with Crippen LogP contribution in [0.15, 0.2) is 42.5 Å². The molecule has 2 aromatic carbocycles. The number of amides is 2. The van der Waals surface area contributed by atoms with Gasteiger partial charge in [-0.1, -0.05) is 30.3 Å². The van der Waals surface area contributed by atoms with Crippen molar-refractivity contribution >= 4 is 23.2 Å². The zero-order valence-corrected chi connectivity index (χ0v) is 19.8. The van der Waals surface area contributed by atoms with Crippen molar-refractivity contribution in [1.82, 2.24) is 15.1 Å². The first-order valence-electron chi connectivity index (χ1n) is 11.1. The molecule has 2 amide bonds. The number of nitrogens with one attached hydrogen (secondary N) is 2. The van der Waals surface area contributed by atoms with Gasteiger partial charge in [0, 0.05) is 58.2 Å². The van der Waals surface area contributed by atoms with E-state index >= 15 is 0 Å². The van der Waals surface area contributed by atoms with E-state index < -0.39 is 11.8 Å². The number of carbonyl (C=O) groups is 2. The van der Waals surface area contributed by atoms with E-state index in [1.165, 1.54) is 0 Å². The lowest BCUT2D eigenvalue weighted by molar-refractivity contribution is -0.136. The molecule has 3 rings (SSSR count). The number of hydrogen-bond donors (Lipinski definition) is 2. The van der Waals surface area contributed by atoms with E-state index in [9.17, 15) is 9.59 Å². The van der Waals surface area contributed by atoms with Crippen molar-refractivity contribution in [3.05, 3.63) is 59.2 Å². The monoisotopic (exact) mass is 437 g/mol. The summed E-state index contributed by atoms with van der Waals surface area (Å²) in [4.78, 5) is 31.9. The molecular formula is C25H35N5O2. The first kappa shape index (κ1) is 23.8. The molecule has 2 N–H and O–H groups in total. The summed E-state index contributed by atoms with van der Waals surface area (Å²) in [5.74, 6) is -1.25. The lowest BCUT2D eigenvalue weighted by Gasteiger charge is -2.38. The van der Waals surface area contributed by atoms with Gasteiger partial charge in [0.2, 0.25) is 0 Å². The van der Waals surface area contributed by atoms with Crippen molar-refractivity contribution in [3.8, 4) is 0 Å². The predicted octanol–water partition coefficient (Wildman–Crippen LogP) is 2.41. The van der Waals surface area contributed by atoms with E-state index in [4.69, 9.17) is 0 Å². The van der Waals surface area contributed by atoms with Gasteiger partial charge >= 0.3 is 11.8 Å². The topological polar surface area (TPSA) is 67.9 Å². The number of carbonyl (C=O) groups excluding carboxylic acids is 2. The summed E-state index contributed by atoms with van der Waals surface area (Å²) in [6, 6.07) is 14.2. The fourth-order valence-corrected chi connectivity index (χ4v) is 4.04. The van der Waals surface area contributed by atoms with E-state index in [1.54, 1.807) is 0 Å². The molecule has 0 spiro atoms. The number of para-hydroxylation sites is 1. The molecule has 0 aromatic heterocycles. The van der Waals surface area contributed by atoms with Gasteiger partial charge in [0.15, 0.2) is 0 Å². The van der Waals surface area contributed by atoms with Crippen molar-refractivity contribution in [2.24, 2.45) is 0 Å². The summed E-state index contributed by atoms with van der Waals surface area (Å²) < 4.78 is 0. The highest BCUT2D eigenvalue weighted by Gasteiger charge is 2.26. The number of anilines is 2. The molecule has 0 bridgehead atoms. The SMILES string of the molecule is Cc1cccc(C)c1NC(=O)C(=O)NC[C@@H](c1ccc(N(C)C)cc1)N1CCN(C)CC1. The number of piperazine rings is 1. The van der Waals surface area contributed by atoms with Crippen molar-refractivity contribution in [2.45, 2.75) is 19.9 Å². The minimum atomic E-state index is -0.637. The van der Waals surface area contributed by atoms with Gasteiger partial charge in [-0.3, -0.25) is 14.5 Å². The average molecular weight is 438 g/mol. The molecule has 7 nitrogen and oxygen atoms in total. The van der Waals surface area contributed by atoms with E-state index in [1.807, 2.05) is 46.1 Å². The number of hydrogen-bond acceptors (Lipinski definition) is 5. The molecule has 0 saturated carbocycles. The Labute approximate surface area is 191 Å². The third-order valence-corrected chi connectivity index (χ3v) is 6.15. The highest BCUT2D eigenvalue weighted by molar-refractivity contribution is 6.39. The van der Waals surface area contributed by atoms with Gasteiger partial charge in [0.25, 0.3) is 0 Å². The van der Waals surface area contributed by atoms with Crippen LogP contribution in [0.4, 0.5) is 11.4 Å². The van der Waals surface area contributed by atoms with E-state index in [0.29, 0.717) is 12.2 Å². The Morgan fingerprint density at radius 2 is 1.53 bits per heavy atom. The van der Waals surface area contributed by atoms with Gasteiger partial charge in [-0.15, -0.1) is 0 Å². The quantitative estimate of drug-likeness (QED) is 0.680. The summed E-state index contributed by atoms with van der Waals surface area (Å²) in [7, 11) is 6.15. The number of likely N-dealkylation sites (N-methyl/N-ethyl adjacent to an activating group) is 1. The first-order chi connectivity index (χ1) is 15.3. The second-order valence-corrected chi connectivity index (χ2v) is 8.77. The average Bonchev–Trinajstić information content (AvgIpc) is 2.77. The molecule has 32 heavy (non-hydrogen) atoms. The predicted molar refractivity (Wildman–Crippen MR) is 130 cm³/mol. The summed E-state index contributed by atoms with van der Waals surface area (Å²) in [6.07, 6.45) is 0. The van der Waals surface area contributed by atoms with Gasteiger partial charge in [-0.05, 0) is 49.7 Å². The van der Waals surface area contributed by atoms with Gasteiger partial charge in [-0.2, -0.15) is 0 Å². The zero-order valence-electron chi connectivity index (χ0n) is 19.8. The maximum Gasteiger partial charge on any atom is 0.313 e. The van der Waals surface area contributed by atoms with Crippen LogP contribution in [0.2, 0.25) is 0 Å². The smallest absolute Gasteiger partial charge is 0.313 e. The van der Waals surface area contributed by atoms with Crippen molar-refractivity contribution < 1.29 is 9.59 Å². The van der Waals surface area contributed by atoms with E-state index in [-0.39, 0.29) is 6.04 Å². The Balaban J connectivity index is 1.70. The third-order valence-electron chi connectivity index (χ3n) is 6.15. The fraction of sp³-hybridized carbons (Fsp3) is 0.440. The standard InChI is InChI=1S/C25H35N5O2/c1-18-7-6-8-19(2)23(18)27-25(32)24(31)26-17-22(30-15-13-29(5)14-16-30)20-9-11-21(12-10-20)28(3)4/h6-12,22H,13-17H2,1-5H3,(H,26,31)(H,27,32)/t22-/m0/s1. The van der Waals surface area contributed by atoms with Crippen molar-refractivity contribution in [3.63, 3.8) is 0 Å². The molecule has 7 heteroatoms. The highest BCUT2D eigenvalue weighted by atomic mass is 16.2. The highest BCUT2D eigenvalue weighted by Crippen LogP contribution is 2.24. The van der Waals surface area contributed by atoms with Crippen molar-refractivity contribution in [2.75, 3.05) is 64.1 Å².